The quantitative estimate of drug-likeness (QED) is 0.723. The molecule has 2 saturated carbocycles. The number of hydrogen-bond donors (Lipinski definition) is 1. The lowest BCUT2D eigenvalue weighted by molar-refractivity contribution is -0.160. The highest BCUT2D eigenvalue weighted by molar-refractivity contribution is 5.76. The van der Waals surface area contributed by atoms with Gasteiger partial charge in [-0.3, -0.25) is 14.2 Å². The normalized spacial score (nSPS) is 25.3. The molecule has 1 N–H and O–H groups in total. The predicted molar refractivity (Wildman–Crippen MR) is 128 cm³/mol. The van der Waals surface area contributed by atoms with Crippen LogP contribution in [-0.4, -0.2) is 44.2 Å². The van der Waals surface area contributed by atoms with Gasteiger partial charge in [0.15, 0.2) is 0 Å². The summed E-state index contributed by atoms with van der Waals surface area (Å²) >= 11 is 0. The van der Waals surface area contributed by atoms with Gasteiger partial charge in [0.25, 0.3) is 5.56 Å². The van der Waals surface area contributed by atoms with Gasteiger partial charge in [0, 0.05) is 36.6 Å². The van der Waals surface area contributed by atoms with Gasteiger partial charge < -0.3 is 10.0 Å². The molecular weight excluding hydrogens is 414 g/mol. The Morgan fingerprint density at radius 1 is 1.09 bits per heavy atom. The van der Waals surface area contributed by atoms with Crippen molar-refractivity contribution >= 4 is 5.91 Å². The van der Waals surface area contributed by atoms with Gasteiger partial charge in [-0.25, -0.2) is 4.98 Å². The molecule has 0 radical (unpaired) electrons. The molecule has 1 unspecified atom stereocenters. The lowest BCUT2D eigenvalue weighted by Gasteiger charge is -2.52. The Hall–Kier alpha value is -2.47. The lowest BCUT2D eigenvalue weighted by Crippen LogP contribution is -2.62. The SMILES string of the molecule is CC1(CCC(=O)N2CCC(O)(Cn3cnc(-c4ccccc4)cc3=O)C3(CCCC3)C2)CC1. The molecule has 2 aliphatic carbocycles. The molecule has 33 heavy (non-hydrogen) atoms. The van der Waals surface area contributed by atoms with Gasteiger partial charge in [-0.05, 0) is 43.9 Å². The average Bonchev–Trinajstić information content (AvgIpc) is 3.36. The van der Waals surface area contributed by atoms with Crippen molar-refractivity contribution in [2.75, 3.05) is 13.1 Å². The fourth-order valence-electron chi connectivity index (χ4n) is 5.94. The van der Waals surface area contributed by atoms with E-state index < -0.39 is 5.60 Å². The predicted octanol–water partition coefficient (Wildman–Crippen LogP) is 4.01. The van der Waals surface area contributed by atoms with E-state index in [0.29, 0.717) is 37.0 Å². The Labute approximate surface area is 195 Å². The second-order valence-electron chi connectivity index (χ2n) is 11.0. The maximum Gasteiger partial charge on any atom is 0.253 e. The Kier molecular flexibility index (Phi) is 5.68. The Bertz CT molecular complexity index is 1070. The third-order valence-electron chi connectivity index (χ3n) is 8.62. The minimum atomic E-state index is -1.01. The summed E-state index contributed by atoms with van der Waals surface area (Å²) in [6.45, 7) is 3.65. The zero-order valence-electron chi connectivity index (χ0n) is 19.6. The van der Waals surface area contributed by atoms with Crippen molar-refractivity contribution in [1.29, 1.82) is 0 Å². The molecule has 3 aliphatic rings. The van der Waals surface area contributed by atoms with Crippen LogP contribution in [0.15, 0.2) is 47.5 Å². The van der Waals surface area contributed by atoms with E-state index in [0.717, 1.165) is 37.7 Å². The van der Waals surface area contributed by atoms with Crippen molar-refractivity contribution in [3.8, 4) is 11.3 Å². The van der Waals surface area contributed by atoms with Gasteiger partial charge in [-0.1, -0.05) is 50.1 Å². The zero-order chi connectivity index (χ0) is 23.1. The van der Waals surface area contributed by atoms with Crippen LogP contribution in [0.25, 0.3) is 11.3 Å². The number of nitrogens with zero attached hydrogens (tertiary/aromatic N) is 3. The van der Waals surface area contributed by atoms with Crippen LogP contribution >= 0.6 is 0 Å². The highest BCUT2D eigenvalue weighted by Gasteiger charge is 2.55. The van der Waals surface area contributed by atoms with Crippen molar-refractivity contribution in [3.63, 3.8) is 0 Å². The number of amides is 1. The van der Waals surface area contributed by atoms with Gasteiger partial charge in [0.2, 0.25) is 5.91 Å². The average molecular weight is 450 g/mol. The van der Waals surface area contributed by atoms with Gasteiger partial charge in [0.1, 0.15) is 0 Å². The van der Waals surface area contributed by atoms with Crippen LogP contribution in [0, 0.1) is 10.8 Å². The number of carbonyl (C=O) groups is 1. The topological polar surface area (TPSA) is 75.4 Å². The number of aromatic nitrogens is 2. The first-order valence-corrected chi connectivity index (χ1v) is 12.4. The van der Waals surface area contributed by atoms with E-state index in [1.54, 1.807) is 17.0 Å². The largest absolute Gasteiger partial charge is 0.387 e. The number of benzene rings is 1. The number of piperidine rings is 1. The Balaban J connectivity index is 1.33. The van der Waals surface area contributed by atoms with Crippen molar-refractivity contribution in [1.82, 2.24) is 14.5 Å². The van der Waals surface area contributed by atoms with Crippen molar-refractivity contribution in [2.24, 2.45) is 10.8 Å². The molecule has 1 amide bonds. The maximum absolute atomic E-state index is 13.0. The smallest absolute Gasteiger partial charge is 0.253 e. The molecule has 176 valence electrons. The lowest BCUT2D eigenvalue weighted by atomic mass is 9.65. The van der Waals surface area contributed by atoms with E-state index in [9.17, 15) is 14.7 Å². The first-order valence-electron chi connectivity index (χ1n) is 12.4. The molecule has 2 aromatic rings. The van der Waals surface area contributed by atoms with Gasteiger partial charge >= 0.3 is 0 Å². The standard InChI is InChI=1S/C27H35N3O3/c1-25(13-14-25)12-9-23(31)29-16-15-27(33,26(18-29)10-5-6-11-26)19-30-20-28-22(17-24(30)32)21-7-3-2-4-8-21/h2-4,7-8,17,20,33H,5-6,9-16,18-19H2,1H3. The summed E-state index contributed by atoms with van der Waals surface area (Å²) < 4.78 is 1.55. The number of aliphatic hydroxyl groups is 1. The first kappa shape index (κ1) is 22.3. The summed E-state index contributed by atoms with van der Waals surface area (Å²) in [5, 5.41) is 11.9. The number of rotatable bonds is 6. The summed E-state index contributed by atoms with van der Waals surface area (Å²) in [7, 11) is 0. The van der Waals surface area contributed by atoms with Crippen LogP contribution in [0.1, 0.15) is 64.7 Å². The van der Waals surface area contributed by atoms with Crippen molar-refractivity contribution in [3.05, 3.63) is 53.1 Å². The molecular formula is C27H35N3O3. The summed E-state index contributed by atoms with van der Waals surface area (Å²) in [5.41, 5.74) is 0.410. The highest BCUT2D eigenvalue weighted by atomic mass is 16.3. The van der Waals surface area contributed by atoms with E-state index in [4.69, 9.17) is 0 Å². The molecule has 1 saturated heterocycles. The number of hydrogen-bond acceptors (Lipinski definition) is 4. The molecule has 1 aromatic carbocycles. The monoisotopic (exact) mass is 449 g/mol. The van der Waals surface area contributed by atoms with Crippen LogP contribution in [0.4, 0.5) is 0 Å². The van der Waals surface area contributed by atoms with Crippen LogP contribution in [0.2, 0.25) is 0 Å². The Morgan fingerprint density at radius 3 is 2.48 bits per heavy atom. The van der Waals surface area contributed by atoms with E-state index in [1.807, 2.05) is 35.2 Å². The fourth-order valence-corrected chi connectivity index (χ4v) is 5.94. The number of likely N-dealkylation sites (tertiary alicyclic amines) is 1. The Morgan fingerprint density at radius 2 is 1.82 bits per heavy atom. The maximum atomic E-state index is 13.0. The van der Waals surface area contributed by atoms with E-state index in [-0.39, 0.29) is 23.4 Å². The van der Waals surface area contributed by atoms with E-state index in [1.165, 1.54) is 12.8 Å². The molecule has 5 rings (SSSR count). The molecule has 0 bridgehead atoms. The second-order valence-corrected chi connectivity index (χ2v) is 11.0. The van der Waals surface area contributed by atoms with Crippen LogP contribution < -0.4 is 5.56 Å². The van der Waals surface area contributed by atoms with Gasteiger partial charge in [-0.2, -0.15) is 0 Å². The number of carbonyl (C=O) groups excluding carboxylic acids is 1. The van der Waals surface area contributed by atoms with Crippen LogP contribution in [0.5, 0.6) is 0 Å². The summed E-state index contributed by atoms with van der Waals surface area (Å²) in [4.78, 5) is 32.4. The first-order chi connectivity index (χ1) is 15.8. The van der Waals surface area contributed by atoms with Crippen molar-refractivity contribution < 1.29 is 9.90 Å². The third kappa shape index (κ3) is 4.37. The summed E-state index contributed by atoms with van der Waals surface area (Å²) in [6, 6.07) is 11.2. The third-order valence-corrected chi connectivity index (χ3v) is 8.62. The van der Waals surface area contributed by atoms with E-state index in [2.05, 4.69) is 11.9 Å². The second kappa shape index (κ2) is 8.39. The minimum absolute atomic E-state index is 0.151. The van der Waals surface area contributed by atoms with Crippen molar-refractivity contribution in [2.45, 2.75) is 76.9 Å². The molecule has 1 atom stereocenters. The zero-order valence-corrected chi connectivity index (χ0v) is 19.6. The molecule has 6 heteroatoms. The molecule has 2 heterocycles. The van der Waals surface area contributed by atoms with Crippen LogP contribution in [-0.2, 0) is 11.3 Å². The molecule has 3 fully saturated rings. The fraction of sp³-hybridized carbons (Fsp3) is 0.593. The molecule has 6 nitrogen and oxygen atoms in total. The summed E-state index contributed by atoms with van der Waals surface area (Å²) in [5.74, 6) is 0.225. The van der Waals surface area contributed by atoms with Gasteiger partial charge in [-0.15, -0.1) is 0 Å². The highest BCUT2D eigenvalue weighted by Crippen LogP contribution is 2.52. The minimum Gasteiger partial charge on any atom is -0.387 e. The molecule has 1 spiro atoms. The molecule has 1 aromatic heterocycles. The van der Waals surface area contributed by atoms with Gasteiger partial charge in [0.05, 0.1) is 24.2 Å². The molecule has 1 aliphatic heterocycles. The summed E-state index contributed by atoms with van der Waals surface area (Å²) in [6.07, 6.45) is 10.0. The van der Waals surface area contributed by atoms with Crippen LogP contribution in [0.3, 0.4) is 0 Å². The van der Waals surface area contributed by atoms with E-state index >= 15 is 0 Å².